The van der Waals surface area contributed by atoms with Gasteiger partial charge in [0.05, 0.1) is 34.2 Å². The number of hydrogen-bond donors (Lipinski definition) is 3. The SMILES string of the molecule is c1ccc(C(=NNc2ccc(-c3ccc(N(c4ccc(-c5ccc(NN=C(c6ccccc6)c6ccccc6)cc5)cc4)c4ccc(-c5ccc(NN=C(c6ccccc6)c6ccccc6)cc5)cc4)cc3)cc2)c2ccccc2)cc1. The number of anilines is 6. The van der Waals surface area contributed by atoms with Gasteiger partial charge in [0.1, 0.15) is 0 Å². The Kier molecular flexibility index (Phi) is 15.8. The van der Waals surface area contributed by atoms with Crippen LogP contribution in [0.2, 0.25) is 0 Å². The lowest BCUT2D eigenvalue weighted by Gasteiger charge is -2.26. The van der Waals surface area contributed by atoms with Crippen molar-refractivity contribution in [2.24, 2.45) is 15.3 Å². The minimum absolute atomic E-state index is 0.880. The minimum Gasteiger partial charge on any atom is -0.311 e. The maximum absolute atomic E-state index is 4.88. The Balaban J connectivity index is 0.797. The Labute approximate surface area is 479 Å². The van der Waals surface area contributed by atoms with E-state index in [0.717, 1.165) is 118 Å². The lowest BCUT2D eigenvalue weighted by Crippen LogP contribution is -2.09. The molecule has 0 atom stereocenters. The molecule has 82 heavy (non-hydrogen) atoms. The molecule has 0 aliphatic rings. The van der Waals surface area contributed by atoms with Crippen molar-refractivity contribution in [3.8, 4) is 33.4 Å². The van der Waals surface area contributed by atoms with Crippen LogP contribution in [0.25, 0.3) is 33.4 Å². The number of hydrazone groups is 3. The second-order valence-corrected chi connectivity index (χ2v) is 19.6. The van der Waals surface area contributed by atoms with Crippen molar-refractivity contribution in [1.29, 1.82) is 0 Å². The van der Waals surface area contributed by atoms with Gasteiger partial charge in [-0.05, 0) is 106 Å². The second-order valence-electron chi connectivity index (χ2n) is 19.6. The van der Waals surface area contributed by atoms with Crippen LogP contribution >= 0.6 is 0 Å². The molecule has 0 aromatic heterocycles. The summed E-state index contributed by atoms with van der Waals surface area (Å²) < 4.78 is 0. The second kappa shape index (κ2) is 25.1. The van der Waals surface area contributed by atoms with Crippen LogP contribution in [-0.4, -0.2) is 17.1 Å². The molecule has 0 spiro atoms. The van der Waals surface area contributed by atoms with Crippen LogP contribution in [-0.2, 0) is 0 Å². The summed E-state index contributed by atoms with van der Waals surface area (Å²) in [6.07, 6.45) is 0. The lowest BCUT2D eigenvalue weighted by molar-refractivity contribution is 1.28. The molecule has 12 rings (SSSR count). The van der Waals surface area contributed by atoms with Gasteiger partial charge in [-0.1, -0.05) is 255 Å². The summed E-state index contributed by atoms with van der Waals surface area (Å²) in [5.41, 5.74) is 31.3. The number of nitrogens with one attached hydrogen (secondary N) is 3. The van der Waals surface area contributed by atoms with E-state index in [1.807, 2.05) is 109 Å². The summed E-state index contributed by atoms with van der Waals surface area (Å²) in [4.78, 5) is 2.31. The van der Waals surface area contributed by atoms with E-state index in [4.69, 9.17) is 15.3 Å². The van der Waals surface area contributed by atoms with Crippen LogP contribution in [0.1, 0.15) is 33.4 Å². The van der Waals surface area contributed by atoms with Gasteiger partial charge in [0, 0.05) is 50.4 Å². The molecule has 392 valence electrons. The van der Waals surface area contributed by atoms with E-state index >= 15 is 0 Å². The van der Waals surface area contributed by atoms with Gasteiger partial charge in [-0.3, -0.25) is 16.3 Å². The average Bonchev–Trinajstić information content (AvgIpc) is 3.75. The quantitative estimate of drug-likeness (QED) is 0.0591. The zero-order valence-corrected chi connectivity index (χ0v) is 45.0. The molecule has 7 nitrogen and oxygen atoms in total. The van der Waals surface area contributed by atoms with Gasteiger partial charge < -0.3 is 4.90 Å². The fourth-order valence-electron chi connectivity index (χ4n) is 9.89. The third-order valence-electron chi connectivity index (χ3n) is 14.2. The maximum Gasteiger partial charge on any atom is 0.0977 e. The molecule has 0 aliphatic heterocycles. The molecular formula is C75H57N7. The van der Waals surface area contributed by atoms with Gasteiger partial charge in [0.15, 0.2) is 0 Å². The lowest BCUT2D eigenvalue weighted by atomic mass is 10.0. The van der Waals surface area contributed by atoms with Crippen molar-refractivity contribution in [3.63, 3.8) is 0 Å². The molecule has 7 heteroatoms. The highest BCUT2D eigenvalue weighted by Crippen LogP contribution is 2.38. The first-order chi connectivity index (χ1) is 40.6. The molecule has 0 heterocycles. The van der Waals surface area contributed by atoms with E-state index in [1.54, 1.807) is 0 Å². The van der Waals surface area contributed by atoms with Crippen LogP contribution in [0.4, 0.5) is 34.1 Å². The monoisotopic (exact) mass is 1060 g/mol. The normalized spacial score (nSPS) is 10.7. The summed E-state index contributed by atoms with van der Waals surface area (Å²) in [7, 11) is 0. The summed E-state index contributed by atoms with van der Waals surface area (Å²) >= 11 is 0. The summed E-state index contributed by atoms with van der Waals surface area (Å²) in [5.74, 6) is 0. The van der Waals surface area contributed by atoms with Gasteiger partial charge in [0.25, 0.3) is 0 Å². The van der Waals surface area contributed by atoms with Gasteiger partial charge >= 0.3 is 0 Å². The highest BCUT2D eigenvalue weighted by atomic mass is 15.3. The first-order valence-corrected chi connectivity index (χ1v) is 27.4. The smallest absolute Gasteiger partial charge is 0.0977 e. The maximum atomic E-state index is 4.88. The topological polar surface area (TPSA) is 76.4 Å². The Hall–Kier alpha value is -11.2. The van der Waals surface area contributed by atoms with Crippen molar-refractivity contribution in [2.45, 2.75) is 0 Å². The fourth-order valence-corrected chi connectivity index (χ4v) is 9.89. The van der Waals surface area contributed by atoms with Gasteiger partial charge in [-0.2, -0.15) is 15.3 Å². The molecule has 0 saturated carbocycles. The van der Waals surface area contributed by atoms with Crippen LogP contribution in [0.5, 0.6) is 0 Å². The average molecular weight is 1060 g/mol. The Morgan fingerprint density at radius 1 is 0.195 bits per heavy atom. The van der Waals surface area contributed by atoms with E-state index in [9.17, 15) is 0 Å². The van der Waals surface area contributed by atoms with Crippen molar-refractivity contribution >= 4 is 51.3 Å². The summed E-state index contributed by atoms with van der Waals surface area (Å²) in [6.45, 7) is 0. The van der Waals surface area contributed by atoms with E-state index in [1.165, 1.54) is 0 Å². The summed E-state index contributed by atoms with van der Waals surface area (Å²) in [5, 5.41) is 14.7. The Morgan fingerprint density at radius 2 is 0.366 bits per heavy atom. The van der Waals surface area contributed by atoms with Crippen molar-refractivity contribution < 1.29 is 0 Å². The van der Waals surface area contributed by atoms with Gasteiger partial charge in [-0.25, -0.2) is 0 Å². The molecule has 0 unspecified atom stereocenters. The van der Waals surface area contributed by atoms with Crippen LogP contribution in [0.3, 0.4) is 0 Å². The van der Waals surface area contributed by atoms with Gasteiger partial charge in [-0.15, -0.1) is 0 Å². The molecule has 0 radical (unpaired) electrons. The first-order valence-electron chi connectivity index (χ1n) is 27.4. The number of nitrogens with zero attached hydrogens (tertiary/aromatic N) is 4. The van der Waals surface area contributed by atoms with E-state index in [2.05, 4.69) is 240 Å². The highest BCUT2D eigenvalue weighted by molar-refractivity contribution is 6.14. The zero-order chi connectivity index (χ0) is 55.1. The van der Waals surface area contributed by atoms with Crippen molar-refractivity contribution in [3.05, 3.63) is 361 Å². The Bertz CT molecular complexity index is 3510. The molecular weight excluding hydrogens is 999 g/mol. The van der Waals surface area contributed by atoms with E-state index in [0.29, 0.717) is 0 Å². The fraction of sp³-hybridized carbons (Fsp3) is 0. The highest BCUT2D eigenvalue weighted by Gasteiger charge is 2.16. The zero-order valence-electron chi connectivity index (χ0n) is 45.0. The van der Waals surface area contributed by atoms with Crippen molar-refractivity contribution in [2.75, 3.05) is 21.2 Å². The first kappa shape index (κ1) is 51.6. The third kappa shape index (κ3) is 12.4. The van der Waals surface area contributed by atoms with E-state index in [-0.39, 0.29) is 0 Å². The molecule has 0 amide bonds. The number of benzene rings is 12. The molecule has 0 aliphatic carbocycles. The predicted octanol–water partition coefficient (Wildman–Crippen LogP) is 18.8. The molecule has 3 N–H and O–H groups in total. The number of rotatable bonds is 18. The molecule has 0 saturated heterocycles. The van der Waals surface area contributed by atoms with Gasteiger partial charge in [0.2, 0.25) is 0 Å². The molecule has 0 fully saturated rings. The van der Waals surface area contributed by atoms with Crippen molar-refractivity contribution in [1.82, 2.24) is 0 Å². The molecule has 12 aromatic rings. The molecule has 0 bridgehead atoms. The summed E-state index contributed by atoms with van der Waals surface area (Å²) in [6, 6.07) is 113. The van der Waals surface area contributed by atoms with Crippen LogP contribution in [0.15, 0.2) is 343 Å². The Morgan fingerprint density at radius 3 is 0.549 bits per heavy atom. The standard InChI is InChI=1S/C75H57N7/c1-7-19-61(20-8-1)73(62-21-9-2-10-22-62)79-76-67-43-31-55(32-44-67)58-37-49-70(50-38-58)82(71-51-39-59(40-52-71)56-33-45-68(46-34-56)77-80-74(63-23-11-3-12-24-63)64-25-13-4-14-26-64)72-53-41-60(42-54-72)57-35-47-69(48-36-57)78-81-75(65-27-15-5-16-28-65)66-29-17-6-18-30-66/h1-54,76-78H. The van der Waals surface area contributed by atoms with E-state index < -0.39 is 0 Å². The van der Waals surface area contributed by atoms with Crippen LogP contribution in [0, 0.1) is 0 Å². The minimum atomic E-state index is 0.880. The van der Waals surface area contributed by atoms with Crippen LogP contribution < -0.4 is 21.2 Å². The molecule has 12 aromatic carbocycles. The predicted molar refractivity (Wildman–Crippen MR) is 344 cm³/mol. The largest absolute Gasteiger partial charge is 0.311 e. The third-order valence-corrected chi connectivity index (χ3v) is 14.2. The number of hydrogen-bond acceptors (Lipinski definition) is 7.